The summed E-state index contributed by atoms with van der Waals surface area (Å²) >= 11 is 8.87. The predicted octanol–water partition coefficient (Wildman–Crippen LogP) is 2.98. The Balaban J connectivity index is 2.10. The van der Waals surface area contributed by atoms with Gasteiger partial charge in [-0.1, -0.05) is 11.6 Å². The van der Waals surface area contributed by atoms with Gasteiger partial charge in [0, 0.05) is 4.47 Å². The predicted molar refractivity (Wildman–Crippen MR) is 70.9 cm³/mol. The number of aliphatic carboxylic acids is 1. The molecule has 1 aliphatic rings. The minimum atomic E-state index is -1.19. The highest BCUT2D eigenvalue weighted by atomic mass is 79.9. The van der Waals surface area contributed by atoms with Crippen LogP contribution in [0.3, 0.4) is 0 Å². The van der Waals surface area contributed by atoms with Crippen LogP contribution in [0.4, 0.5) is 14.9 Å². The number of urea groups is 1. The van der Waals surface area contributed by atoms with E-state index in [-0.39, 0.29) is 15.2 Å². The number of halogens is 3. The molecule has 0 heterocycles. The van der Waals surface area contributed by atoms with Gasteiger partial charge in [-0.3, -0.25) is 0 Å². The lowest BCUT2D eigenvalue weighted by Gasteiger charge is -2.15. The molecule has 102 valence electrons. The van der Waals surface area contributed by atoms with Crippen LogP contribution in [0.1, 0.15) is 12.8 Å². The van der Waals surface area contributed by atoms with Crippen LogP contribution in [0.15, 0.2) is 16.6 Å². The first-order chi connectivity index (χ1) is 8.84. The molecule has 0 aliphatic heterocycles. The molecule has 0 atom stereocenters. The van der Waals surface area contributed by atoms with Gasteiger partial charge in [0.2, 0.25) is 0 Å². The van der Waals surface area contributed by atoms with E-state index in [1.54, 1.807) is 0 Å². The smallest absolute Gasteiger partial charge is 0.329 e. The van der Waals surface area contributed by atoms with Crippen molar-refractivity contribution in [2.75, 3.05) is 5.32 Å². The van der Waals surface area contributed by atoms with Gasteiger partial charge in [-0.2, -0.15) is 0 Å². The molecule has 8 heteroatoms. The molecule has 0 spiro atoms. The van der Waals surface area contributed by atoms with Crippen LogP contribution < -0.4 is 10.6 Å². The number of benzene rings is 1. The first-order valence-electron chi connectivity index (χ1n) is 5.31. The molecule has 0 aromatic heterocycles. The molecule has 1 aromatic rings. The van der Waals surface area contributed by atoms with Gasteiger partial charge in [-0.25, -0.2) is 14.0 Å². The zero-order valence-electron chi connectivity index (χ0n) is 9.47. The number of hydrogen-bond donors (Lipinski definition) is 3. The second-order valence-electron chi connectivity index (χ2n) is 4.21. The third-order valence-electron chi connectivity index (χ3n) is 2.76. The summed E-state index contributed by atoms with van der Waals surface area (Å²) in [6.07, 6.45) is 0.766. The van der Waals surface area contributed by atoms with E-state index in [0.29, 0.717) is 12.8 Å². The highest BCUT2D eigenvalue weighted by Crippen LogP contribution is 2.36. The number of carboxylic acid groups (broad SMARTS) is 1. The molecule has 2 amide bonds. The molecule has 1 saturated carbocycles. The Kier molecular flexibility index (Phi) is 3.69. The molecular formula is C11H9BrClFN2O3. The van der Waals surface area contributed by atoms with E-state index in [4.69, 9.17) is 16.7 Å². The maximum Gasteiger partial charge on any atom is 0.329 e. The Morgan fingerprint density at radius 2 is 2.05 bits per heavy atom. The van der Waals surface area contributed by atoms with Gasteiger partial charge in [0.05, 0.1) is 10.7 Å². The van der Waals surface area contributed by atoms with Gasteiger partial charge in [-0.15, -0.1) is 0 Å². The third-order valence-corrected chi connectivity index (χ3v) is 3.68. The summed E-state index contributed by atoms with van der Waals surface area (Å²) in [5.74, 6) is -1.63. The SMILES string of the molecule is O=C(Nc1c(Cl)cc(F)cc1Br)NC1(C(=O)O)CC1. The van der Waals surface area contributed by atoms with Crippen LogP contribution in [0.2, 0.25) is 5.02 Å². The highest BCUT2D eigenvalue weighted by molar-refractivity contribution is 9.10. The van der Waals surface area contributed by atoms with E-state index < -0.39 is 23.4 Å². The Morgan fingerprint density at radius 3 is 2.53 bits per heavy atom. The number of rotatable bonds is 3. The lowest BCUT2D eigenvalue weighted by molar-refractivity contribution is -0.140. The van der Waals surface area contributed by atoms with Crippen molar-refractivity contribution >= 4 is 45.2 Å². The van der Waals surface area contributed by atoms with Crippen LogP contribution >= 0.6 is 27.5 Å². The highest BCUT2D eigenvalue weighted by Gasteiger charge is 2.51. The largest absolute Gasteiger partial charge is 0.480 e. The fraction of sp³-hybridized carbons (Fsp3) is 0.273. The van der Waals surface area contributed by atoms with Gasteiger partial charge in [0.1, 0.15) is 11.4 Å². The Bertz CT molecular complexity index is 540. The molecule has 0 saturated heterocycles. The number of carbonyl (C=O) groups excluding carboxylic acids is 1. The molecule has 0 unspecified atom stereocenters. The van der Waals surface area contributed by atoms with Gasteiger partial charge < -0.3 is 15.7 Å². The van der Waals surface area contributed by atoms with E-state index in [9.17, 15) is 14.0 Å². The van der Waals surface area contributed by atoms with E-state index >= 15 is 0 Å². The molecular weight excluding hydrogens is 342 g/mol. The number of carboxylic acids is 1. The monoisotopic (exact) mass is 350 g/mol. The summed E-state index contributed by atoms with van der Waals surface area (Å²) in [6.45, 7) is 0. The summed E-state index contributed by atoms with van der Waals surface area (Å²) in [6, 6.07) is 1.49. The summed E-state index contributed by atoms with van der Waals surface area (Å²) in [4.78, 5) is 22.6. The van der Waals surface area contributed by atoms with E-state index in [2.05, 4.69) is 26.6 Å². The van der Waals surface area contributed by atoms with E-state index in [1.807, 2.05) is 0 Å². The van der Waals surface area contributed by atoms with Gasteiger partial charge in [-0.05, 0) is 40.9 Å². The average molecular weight is 352 g/mol. The standard InChI is InChI=1S/C11H9BrClFN2O3/c12-6-3-5(14)4-7(13)8(6)15-10(19)16-11(1-2-11)9(17)18/h3-4H,1-2H2,(H,17,18)(H2,15,16,19). The number of carbonyl (C=O) groups is 2. The normalized spacial score (nSPS) is 15.7. The van der Waals surface area contributed by atoms with Gasteiger partial charge >= 0.3 is 12.0 Å². The maximum atomic E-state index is 13.0. The van der Waals surface area contributed by atoms with Crippen molar-refractivity contribution in [2.24, 2.45) is 0 Å². The quantitative estimate of drug-likeness (QED) is 0.783. The van der Waals surface area contributed by atoms with Crippen LogP contribution in [0.5, 0.6) is 0 Å². The molecule has 19 heavy (non-hydrogen) atoms. The van der Waals surface area contributed by atoms with Crippen molar-refractivity contribution in [1.29, 1.82) is 0 Å². The zero-order valence-corrected chi connectivity index (χ0v) is 11.8. The summed E-state index contributed by atoms with van der Waals surface area (Å²) in [5.41, 5.74) is -1.01. The lowest BCUT2D eigenvalue weighted by Crippen LogP contribution is -2.45. The third kappa shape index (κ3) is 2.98. The lowest BCUT2D eigenvalue weighted by atomic mass is 10.3. The molecule has 1 fully saturated rings. The second-order valence-corrected chi connectivity index (χ2v) is 5.47. The van der Waals surface area contributed by atoms with Crippen molar-refractivity contribution < 1.29 is 19.1 Å². The minimum absolute atomic E-state index is 0.0159. The number of amides is 2. The molecule has 1 aromatic carbocycles. The Morgan fingerprint density at radius 1 is 1.42 bits per heavy atom. The number of nitrogens with one attached hydrogen (secondary N) is 2. The number of anilines is 1. The fourth-order valence-corrected chi connectivity index (χ4v) is 2.44. The number of hydrogen-bond acceptors (Lipinski definition) is 2. The van der Waals surface area contributed by atoms with Crippen LogP contribution in [-0.2, 0) is 4.79 Å². The Labute approximate surface area is 121 Å². The summed E-state index contributed by atoms with van der Waals surface area (Å²) in [7, 11) is 0. The first-order valence-corrected chi connectivity index (χ1v) is 6.48. The van der Waals surface area contributed by atoms with Gasteiger partial charge in [0.15, 0.2) is 0 Å². The van der Waals surface area contributed by atoms with Crippen molar-refractivity contribution in [2.45, 2.75) is 18.4 Å². The Hall–Kier alpha value is -1.34. The molecule has 0 bridgehead atoms. The zero-order chi connectivity index (χ0) is 14.2. The second kappa shape index (κ2) is 4.97. The fourth-order valence-electron chi connectivity index (χ4n) is 1.54. The van der Waals surface area contributed by atoms with Crippen molar-refractivity contribution in [3.05, 3.63) is 27.4 Å². The van der Waals surface area contributed by atoms with Gasteiger partial charge in [0.25, 0.3) is 0 Å². The minimum Gasteiger partial charge on any atom is -0.480 e. The topological polar surface area (TPSA) is 78.4 Å². The van der Waals surface area contributed by atoms with Crippen LogP contribution in [-0.4, -0.2) is 22.6 Å². The molecule has 2 rings (SSSR count). The maximum absolute atomic E-state index is 13.0. The summed E-state index contributed by atoms with van der Waals surface area (Å²) in [5, 5.41) is 13.7. The van der Waals surface area contributed by atoms with Crippen molar-refractivity contribution in [3.8, 4) is 0 Å². The average Bonchev–Trinajstić information content (AvgIpc) is 3.04. The molecule has 0 radical (unpaired) electrons. The van der Waals surface area contributed by atoms with E-state index in [1.165, 1.54) is 0 Å². The van der Waals surface area contributed by atoms with Crippen molar-refractivity contribution in [3.63, 3.8) is 0 Å². The molecule has 1 aliphatic carbocycles. The molecule has 3 N–H and O–H groups in total. The molecule has 5 nitrogen and oxygen atoms in total. The van der Waals surface area contributed by atoms with Crippen molar-refractivity contribution in [1.82, 2.24) is 5.32 Å². The van der Waals surface area contributed by atoms with E-state index in [0.717, 1.165) is 12.1 Å². The van der Waals surface area contributed by atoms with Crippen LogP contribution in [0, 0.1) is 5.82 Å². The first kappa shape index (κ1) is 14.1. The summed E-state index contributed by atoms with van der Waals surface area (Å²) < 4.78 is 13.3. The van der Waals surface area contributed by atoms with Crippen LogP contribution in [0.25, 0.3) is 0 Å².